The predicted molar refractivity (Wildman–Crippen MR) is 76.6 cm³/mol. The highest BCUT2D eigenvalue weighted by molar-refractivity contribution is 9.10. The molecule has 1 unspecified atom stereocenters. The zero-order valence-electron chi connectivity index (χ0n) is 9.13. The lowest BCUT2D eigenvalue weighted by Gasteiger charge is -2.14. The van der Waals surface area contributed by atoms with Gasteiger partial charge in [-0.3, -0.25) is 0 Å². The summed E-state index contributed by atoms with van der Waals surface area (Å²) in [6, 6.07) is 9.34. The summed E-state index contributed by atoms with van der Waals surface area (Å²) < 4.78 is 13.9. The van der Waals surface area contributed by atoms with Gasteiger partial charge >= 0.3 is 0 Å². The fraction of sp³-hybridized carbons (Fsp3) is 0.0769. The Kier molecular flexibility index (Phi) is 4.28. The highest BCUT2D eigenvalue weighted by Gasteiger charge is 2.14. The standard InChI is InChI=1S/C13H9BrCl2FN/c14-10-4-1-7(5-12(10)17)13(18)9-3-2-8(15)6-11(9)16/h1-6,13H,18H2. The quantitative estimate of drug-likeness (QED) is 0.816. The van der Waals surface area contributed by atoms with Gasteiger partial charge in [-0.15, -0.1) is 0 Å². The average molecular weight is 349 g/mol. The van der Waals surface area contributed by atoms with Crippen LogP contribution >= 0.6 is 39.1 Å². The normalized spacial score (nSPS) is 12.5. The third-order valence-corrected chi connectivity index (χ3v) is 3.81. The molecule has 0 aliphatic rings. The lowest BCUT2D eigenvalue weighted by molar-refractivity contribution is 0.617. The summed E-state index contributed by atoms with van der Waals surface area (Å²) >= 11 is 15.0. The Morgan fingerprint density at radius 2 is 1.83 bits per heavy atom. The van der Waals surface area contributed by atoms with E-state index in [1.807, 2.05) is 0 Å². The van der Waals surface area contributed by atoms with E-state index in [0.29, 0.717) is 25.6 Å². The lowest BCUT2D eigenvalue weighted by atomic mass is 9.99. The Morgan fingerprint density at radius 1 is 1.11 bits per heavy atom. The Bertz CT molecular complexity index is 589. The Balaban J connectivity index is 2.41. The van der Waals surface area contributed by atoms with Crippen molar-refractivity contribution in [2.45, 2.75) is 6.04 Å². The van der Waals surface area contributed by atoms with Crippen LogP contribution in [0.3, 0.4) is 0 Å². The molecule has 0 spiro atoms. The molecule has 0 radical (unpaired) electrons. The van der Waals surface area contributed by atoms with Gasteiger partial charge in [-0.25, -0.2) is 4.39 Å². The van der Waals surface area contributed by atoms with E-state index in [-0.39, 0.29) is 5.82 Å². The highest BCUT2D eigenvalue weighted by atomic mass is 79.9. The summed E-state index contributed by atoms with van der Waals surface area (Å²) in [5.41, 5.74) is 7.44. The molecule has 5 heteroatoms. The van der Waals surface area contributed by atoms with Crippen molar-refractivity contribution in [3.05, 3.63) is 67.9 Å². The maximum absolute atomic E-state index is 13.5. The van der Waals surface area contributed by atoms with Crippen LogP contribution in [0.1, 0.15) is 17.2 Å². The number of hydrogen-bond donors (Lipinski definition) is 1. The molecule has 2 N–H and O–H groups in total. The molecule has 18 heavy (non-hydrogen) atoms. The number of hydrogen-bond acceptors (Lipinski definition) is 1. The van der Waals surface area contributed by atoms with Gasteiger partial charge in [0.05, 0.1) is 10.5 Å². The van der Waals surface area contributed by atoms with E-state index < -0.39 is 6.04 Å². The van der Waals surface area contributed by atoms with Gasteiger partial charge in [-0.1, -0.05) is 35.3 Å². The Morgan fingerprint density at radius 3 is 2.44 bits per heavy atom. The molecular formula is C13H9BrCl2FN. The maximum atomic E-state index is 13.5. The molecule has 2 aromatic rings. The highest BCUT2D eigenvalue weighted by Crippen LogP contribution is 2.30. The largest absolute Gasteiger partial charge is 0.320 e. The molecule has 0 heterocycles. The molecule has 94 valence electrons. The second kappa shape index (κ2) is 5.57. The first kappa shape index (κ1) is 13.8. The molecule has 1 atom stereocenters. The monoisotopic (exact) mass is 347 g/mol. The fourth-order valence-corrected chi connectivity index (χ4v) is 2.41. The summed E-state index contributed by atoms with van der Waals surface area (Å²) in [4.78, 5) is 0. The van der Waals surface area contributed by atoms with Crippen molar-refractivity contribution < 1.29 is 4.39 Å². The first-order valence-corrected chi connectivity index (χ1v) is 6.69. The SMILES string of the molecule is NC(c1ccc(Br)c(F)c1)c1ccc(Cl)cc1Cl. The number of benzene rings is 2. The Labute approximate surface area is 123 Å². The topological polar surface area (TPSA) is 26.0 Å². The van der Waals surface area contributed by atoms with Crippen molar-refractivity contribution in [3.8, 4) is 0 Å². The molecule has 0 aromatic heterocycles. The first-order valence-electron chi connectivity index (χ1n) is 5.14. The zero-order valence-corrected chi connectivity index (χ0v) is 12.2. The molecule has 0 fully saturated rings. The van der Waals surface area contributed by atoms with Gasteiger partial charge in [0.2, 0.25) is 0 Å². The van der Waals surface area contributed by atoms with Crippen LogP contribution in [-0.4, -0.2) is 0 Å². The molecule has 0 amide bonds. The molecule has 0 saturated carbocycles. The van der Waals surface area contributed by atoms with E-state index in [0.717, 1.165) is 0 Å². The van der Waals surface area contributed by atoms with Crippen molar-refractivity contribution in [2.24, 2.45) is 5.73 Å². The number of nitrogens with two attached hydrogens (primary N) is 1. The van der Waals surface area contributed by atoms with Gasteiger partial charge in [0, 0.05) is 10.0 Å². The number of rotatable bonds is 2. The van der Waals surface area contributed by atoms with Gasteiger partial charge < -0.3 is 5.73 Å². The predicted octanol–water partition coefficient (Wildman–Crippen LogP) is 4.94. The fourth-order valence-electron chi connectivity index (χ4n) is 1.64. The van der Waals surface area contributed by atoms with E-state index >= 15 is 0 Å². The molecule has 0 bridgehead atoms. The summed E-state index contributed by atoms with van der Waals surface area (Å²) in [6.45, 7) is 0. The van der Waals surface area contributed by atoms with Gasteiger partial charge in [-0.2, -0.15) is 0 Å². The van der Waals surface area contributed by atoms with Crippen LogP contribution in [0.5, 0.6) is 0 Å². The minimum Gasteiger partial charge on any atom is -0.320 e. The van der Waals surface area contributed by atoms with Crippen LogP contribution in [0.2, 0.25) is 10.0 Å². The molecule has 2 aromatic carbocycles. The van der Waals surface area contributed by atoms with Crippen LogP contribution in [0, 0.1) is 5.82 Å². The van der Waals surface area contributed by atoms with E-state index in [4.69, 9.17) is 28.9 Å². The van der Waals surface area contributed by atoms with Gasteiger partial charge in [0.15, 0.2) is 0 Å². The van der Waals surface area contributed by atoms with Gasteiger partial charge in [0.1, 0.15) is 5.82 Å². The lowest BCUT2D eigenvalue weighted by Crippen LogP contribution is -2.12. The third-order valence-electron chi connectivity index (χ3n) is 2.60. The maximum Gasteiger partial charge on any atom is 0.137 e. The van der Waals surface area contributed by atoms with E-state index in [1.165, 1.54) is 6.07 Å². The average Bonchev–Trinajstić information content (AvgIpc) is 2.32. The summed E-state index contributed by atoms with van der Waals surface area (Å²) in [6.07, 6.45) is 0. The smallest absolute Gasteiger partial charge is 0.137 e. The van der Waals surface area contributed by atoms with Crippen molar-refractivity contribution >= 4 is 39.1 Å². The van der Waals surface area contributed by atoms with Crippen LogP contribution in [0.4, 0.5) is 4.39 Å². The summed E-state index contributed by atoms with van der Waals surface area (Å²) in [5, 5.41) is 1.01. The third kappa shape index (κ3) is 2.86. The second-order valence-electron chi connectivity index (χ2n) is 3.82. The van der Waals surface area contributed by atoms with E-state index in [2.05, 4.69) is 15.9 Å². The zero-order chi connectivity index (χ0) is 13.3. The molecular weight excluding hydrogens is 340 g/mol. The minimum atomic E-state index is -0.489. The summed E-state index contributed by atoms with van der Waals surface area (Å²) in [5.74, 6) is -0.354. The molecule has 0 aliphatic carbocycles. The van der Waals surface area contributed by atoms with Crippen LogP contribution in [-0.2, 0) is 0 Å². The molecule has 0 aliphatic heterocycles. The van der Waals surface area contributed by atoms with Gasteiger partial charge in [0.25, 0.3) is 0 Å². The molecule has 0 saturated heterocycles. The first-order chi connectivity index (χ1) is 8.49. The molecule has 1 nitrogen and oxygen atoms in total. The van der Waals surface area contributed by atoms with Crippen molar-refractivity contribution in [3.63, 3.8) is 0 Å². The second-order valence-corrected chi connectivity index (χ2v) is 5.52. The summed E-state index contributed by atoms with van der Waals surface area (Å²) in [7, 11) is 0. The molecule has 2 rings (SSSR count). The van der Waals surface area contributed by atoms with Crippen LogP contribution < -0.4 is 5.73 Å². The van der Waals surface area contributed by atoms with Crippen molar-refractivity contribution in [2.75, 3.05) is 0 Å². The van der Waals surface area contributed by atoms with E-state index in [1.54, 1.807) is 30.3 Å². The van der Waals surface area contributed by atoms with Crippen LogP contribution in [0.25, 0.3) is 0 Å². The van der Waals surface area contributed by atoms with Crippen molar-refractivity contribution in [1.29, 1.82) is 0 Å². The van der Waals surface area contributed by atoms with Crippen molar-refractivity contribution in [1.82, 2.24) is 0 Å². The minimum absolute atomic E-state index is 0.354. The van der Waals surface area contributed by atoms with Crippen LogP contribution in [0.15, 0.2) is 40.9 Å². The van der Waals surface area contributed by atoms with Gasteiger partial charge in [-0.05, 0) is 51.3 Å². The van der Waals surface area contributed by atoms with E-state index in [9.17, 15) is 4.39 Å². The number of halogens is 4. The Hall–Kier alpha value is -0.610.